The van der Waals surface area contributed by atoms with Crippen molar-refractivity contribution in [3.8, 4) is 5.75 Å². The third-order valence-electron chi connectivity index (χ3n) is 3.62. The van der Waals surface area contributed by atoms with Crippen LogP contribution in [0.1, 0.15) is 25.8 Å². The van der Waals surface area contributed by atoms with Gasteiger partial charge in [0.1, 0.15) is 11.8 Å². The summed E-state index contributed by atoms with van der Waals surface area (Å²) in [5.41, 5.74) is 0.997. The summed E-state index contributed by atoms with van der Waals surface area (Å²) >= 11 is 0. The number of ether oxygens (including phenoxy) is 2. The van der Waals surface area contributed by atoms with Gasteiger partial charge in [-0.15, -0.1) is 0 Å². The van der Waals surface area contributed by atoms with Crippen molar-refractivity contribution in [1.82, 2.24) is 10.6 Å². The number of hydrogen-bond donors (Lipinski definition) is 2. The number of rotatable bonds is 7. The molecule has 0 aliphatic carbocycles. The largest absolute Gasteiger partial charge is 0.493 e. The van der Waals surface area contributed by atoms with Gasteiger partial charge in [0.2, 0.25) is 5.91 Å². The number of carbonyl (C=O) groups is 1. The first-order valence-corrected chi connectivity index (χ1v) is 7.96. The molecule has 1 aliphatic rings. The zero-order valence-corrected chi connectivity index (χ0v) is 13.4. The maximum Gasteiger partial charge on any atom is 0.239 e. The van der Waals surface area contributed by atoms with Crippen LogP contribution < -0.4 is 15.4 Å². The van der Waals surface area contributed by atoms with Crippen molar-refractivity contribution in [3.63, 3.8) is 0 Å². The van der Waals surface area contributed by atoms with Gasteiger partial charge in [-0.3, -0.25) is 4.79 Å². The fraction of sp³-hybridized carbons (Fsp3) is 0.588. The molecular weight excluding hydrogens is 280 g/mol. The molecule has 122 valence electrons. The molecule has 5 nitrogen and oxygen atoms in total. The molecule has 1 atom stereocenters. The summed E-state index contributed by atoms with van der Waals surface area (Å²) in [7, 11) is 0. The van der Waals surface area contributed by atoms with Gasteiger partial charge in [-0.25, -0.2) is 0 Å². The van der Waals surface area contributed by atoms with E-state index in [0.717, 1.165) is 17.7 Å². The Labute approximate surface area is 132 Å². The predicted octanol–water partition coefficient (Wildman–Crippen LogP) is 1.72. The Morgan fingerprint density at radius 2 is 2.27 bits per heavy atom. The summed E-state index contributed by atoms with van der Waals surface area (Å²) in [4.78, 5) is 12.1. The highest BCUT2D eigenvalue weighted by Crippen LogP contribution is 2.18. The number of morpholine rings is 1. The Morgan fingerprint density at radius 3 is 3.00 bits per heavy atom. The molecule has 0 saturated carbocycles. The molecule has 1 aromatic carbocycles. The first-order chi connectivity index (χ1) is 10.7. The maximum atomic E-state index is 12.1. The maximum absolute atomic E-state index is 12.1. The van der Waals surface area contributed by atoms with Crippen LogP contribution >= 0.6 is 0 Å². The highest BCUT2D eigenvalue weighted by atomic mass is 16.5. The van der Waals surface area contributed by atoms with Crippen LogP contribution in [0.3, 0.4) is 0 Å². The molecular formula is C17H26N2O3. The fourth-order valence-corrected chi connectivity index (χ4v) is 2.23. The van der Waals surface area contributed by atoms with Gasteiger partial charge in [-0.05, 0) is 18.4 Å². The zero-order chi connectivity index (χ0) is 15.8. The monoisotopic (exact) mass is 306 g/mol. The molecule has 5 heteroatoms. The molecule has 1 aliphatic heterocycles. The van der Waals surface area contributed by atoms with Crippen molar-refractivity contribution in [2.45, 2.75) is 32.9 Å². The number of para-hydroxylation sites is 1. The Morgan fingerprint density at radius 1 is 1.45 bits per heavy atom. The summed E-state index contributed by atoms with van der Waals surface area (Å²) in [5.74, 6) is 1.43. The van der Waals surface area contributed by atoms with Crippen LogP contribution in [0.4, 0.5) is 0 Å². The Balaban J connectivity index is 1.84. The van der Waals surface area contributed by atoms with E-state index in [4.69, 9.17) is 9.47 Å². The molecule has 0 unspecified atom stereocenters. The Bertz CT molecular complexity index is 471. The van der Waals surface area contributed by atoms with Gasteiger partial charge < -0.3 is 20.1 Å². The lowest BCUT2D eigenvalue weighted by atomic mass is 10.1. The van der Waals surface area contributed by atoms with E-state index < -0.39 is 0 Å². The van der Waals surface area contributed by atoms with Crippen molar-refractivity contribution in [3.05, 3.63) is 29.8 Å². The Kier molecular flexibility index (Phi) is 6.68. The van der Waals surface area contributed by atoms with Gasteiger partial charge in [-0.1, -0.05) is 32.0 Å². The van der Waals surface area contributed by atoms with Gasteiger partial charge in [0.15, 0.2) is 0 Å². The summed E-state index contributed by atoms with van der Waals surface area (Å²) in [5, 5.41) is 6.10. The van der Waals surface area contributed by atoms with Crippen LogP contribution in [-0.2, 0) is 16.1 Å². The minimum absolute atomic E-state index is 0.0308. The quantitative estimate of drug-likeness (QED) is 0.805. The van der Waals surface area contributed by atoms with E-state index in [-0.39, 0.29) is 11.9 Å². The molecule has 0 radical (unpaired) electrons. The van der Waals surface area contributed by atoms with E-state index in [9.17, 15) is 4.79 Å². The van der Waals surface area contributed by atoms with Crippen LogP contribution in [0.15, 0.2) is 24.3 Å². The number of carbonyl (C=O) groups excluding carboxylic acids is 1. The molecule has 2 N–H and O–H groups in total. The molecule has 1 heterocycles. The normalized spacial score (nSPS) is 18.2. The van der Waals surface area contributed by atoms with Crippen molar-refractivity contribution in [1.29, 1.82) is 0 Å². The number of amides is 1. The smallest absolute Gasteiger partial charge is 0.239 e. The van der Waals surface area contributed by atoms with E-state index in [2.05, 4.69) is 24.5 Å². The SMILES string of the molecule is CC(C)CCOc1ccccc1CNC(=O)[C@@H]1COCCN1. The second-order valence-electron chi connectivity index (χ2n) is 5.94. The lowest BCUT2D eigenvalue weighted by Gasteiger charge is -2.23. The standard InChI is InChI=1S/C17H26N2O3/c1-13(2)7-9-22-16-6-4-3-5-14(16)11-19-17(20)15-12-21-10-8-18-15/h3-6,13,15,18H,7-12H2,1-2H3,(H,19,20)/t15-/m0/s1. The number of nitrogens with one attached hydrogen (secondary N) is 2. The first-order valence-electron chi connectivity index (χ1n) is 7.96. The highest BCUT2D eigenvalue weighted by molar-refractivity contribution is 5.82. The molecule has 0 aromatic heterocycles. The van der Waals surface area contributed by atoms with E-state index in [1.807, 2.05) is 24.3 Å². The first kappa shape index (κ1) is 16.8. The van der Waals surface area contributed by atoms with Gasteiger partial charge in [-0.2, -0.15) is 0 Å². The molecule has 2 rings (SSSR count). The van der Waals surface area contributed by atoms with Gasteiger partial charge in [0.05, 0.1) is 19.8 Å². The van der Waals surface area contributed by atoms with Gasteiger partial charge >= 0.3 is 0 Å². The second-order valence-corrected chi connectivity index (χ2v) is 5.94. The molecule has 0 bridgehead atoms. The van der Waals surface area contributed by atoms with Gasteiger partial charge in [0.25, 0.3) is 0 Å². The van der Waals surface area contributed by atoms with E-state index in [1.54, 1.807) is 0 Å². The topological polar surface area (TPSA) is 59.6 Å². The van der Waals surface area contributed by atoms with Crippen LogP contribution in [0, 0.1) is 5.92 Å². The summed E-state index contributed by atoms with van der Waals surface area (Å²) in [6.07, 6.45) is 1.02. The van der Waals surface area contributed by atoms with Gasteiger partial charge in [0, 0.05) is 18.7 Å². The molecule has 1 saturated heterocycles. The third kappa shape index (κ3) is 5.31. The molecule has 0 spiro atoms. The molecule has 1 fully saturated rings. The van der Waals surface area contributed by atoms with E-state index in [0.29, 0.717) is 38.8 Å². The van der Waals surface area contributed by atoms with Crippen LogP contribution in [0.5, 0.6) is 5.75 Å². The molecule has 22 heavy (non-hydrogen) atoms. The van der Waals surface area contributed by atoms with Crippen molar-refractivity contribution < 1.29 is 14.3 Å². The molecule has 1 aromatic rings. The van der Waals surface area contributed by atoms with Crippen molar-refractivity contribution in [2.75, 3.05) is 26.4 Å². The van der Waals surface area contributed by atoms with Crippen LogP contribution in [-0.4, -0.2) is 38.3 Å². The van der Waals surface area contributed by atoms with Crippen molar-refractivity contribution >= 4 is 5.91 Å². The zero-order valence-electron chi connectivity index (χ0n) is 13.4. The third-order valence-corrected chi connectivity index (χ3v) is 3.62. The molecule has 1 amide bonds. The van der Waals surface area contributed by atoms with Crippen molar-refractivity contribution in [2.24, 2.45) is 5.92 Å². The fourth-order valence-electron chi connectivity index (χ4n) is 2.23. The average molecular weight is 306 g/mol. The minimum atomic E-state index is -0.261. The van der Waals surface area contributed by atoms with E-state index >= 15 is 0 Å². The lowest BCUT2D eigenvalue weighted by molar-refractivity contribution is -0.126. The van der Waals surface area contributed by atoms with E-state index in [1.165, 1.54) is 0 Å². The van der Waals surface area contributed by atoms with Crippen LogP contribution in [0.2, 0.25) is 0 Å². The number of hydrogen-bond acceptors (Lipinski definition) is 4. The minimum Gasteiger partial charge on any atom is -0.493 e. The average Bonchev–Trinajstić information content (AvgIpc) is 2.54. The summed E-state index contributed by atoms with van der Waals surface area (Å²) in [6, 6.07) is 7.58. The second kappa shape index (κ2) is 8.76. The predicted molar refractivity (Wildman–Crippen MR) is 85.8 cm³/mol. The number of benzene rings is 1. The summed E-state index contributed by atoms with van der Waals surface area (Å²) < 4.78 is 11.1. The summed E-state index contributed by atoms with van der Waals surface area (Å²) in [6.45, 7) is 7.32. The Hall–Kier alpha value is -1.59. The lowest BCUT2D eigenvalue weighted by Crippen LogP contribution is -2.51. The highest BCUT2D eigenvalue weighted by Gasteiger charge is 2.20. The van der Waals surface area contributed by atoms with Crippen LogP contribution in [0.25, 0.3) is 0 Å².